The summed E-state index contributed by atoms with van der Waals surface area (Å²) >= 11 is 1.82. The number of nitrogens with zero attached hydrogens (tertiary/aromatic N) is 4. The highest BCUT2D eigenvalue weighted by Gasteiger charge is 2.34. The Morgan fingerprint density at radius 2 is 2.10 bits per heavy atom. The van der Waals surface area contributed by atoms with E-state index in [0.29, 0.717) is 11.9 Å². The molecule has 1 atom stereocenters. The zero-order chi connectivity index (χ0) is 13.4. The minimum Gasteiger partial charge on any atom is -0.343 e. The molecule has 1 aromatic carbocycles. The van der Waals surface area contributed by atoms with Crippen molar-refractivity contribution < 1.29 is 0 Å². The van der Waals surface area contributed by atoms with Crippen LogP contribution in [-0.4, -0.2) is 31.8 Å². The molecule has 1 saturated heterocycles. The van der Waals surface area contributed by atoms with Gasteiger partial charge < -0.3 is 4.90 Å². The summed E-state index contributed by atoms with van der Waals surface area (Å²) in [5.74, 6) is 1.79. The van der Waals surface area contributed by atoms with E-state index in [2.05, 4.69) is 44.1 Å². The molecule has 2 aromatic rings. The van der Waals surface area contributed by atoms with Crippen LogP contribution in [-0.2, 0) is 13.0 Å². The van der Waals surface area contributed by atoms with Gasteiger partial charge in [0.2, 0.25) is 0 Å². The Morgan fingerprint density at radius 1 is 1.20 bits per heavy atom. The van der Waals surface area contributed by atoms with Gasteiger partial charge in [-0.15, -0.1) is 0 Å². The topological polar surface area (TPSA) is 41.4 Å². The molecule has 0 N–H and O–H groups in total. The average Bonchev–Trinajstić information content (AvgIpc) is 2.88. The second-order valence-electron chi connectivity index (χ2n) is 5.02. The first-order valence-corrected chi connectivity index (χ1v) is 7.69. The number of benzene rings is 1. The molecular formula is C15H14N4S. The number of fused-ring (bicyclic) bond motifs is 2. The zero-order valence-corrected chi connectivity index (χ0v) is 11.8. The fourth-order valence-electron chi connectivity index (χ4n) is 2.76. The van der Waals surface area contributed by atoms with Crippen molar-refractivity contribution in [3.05, 3.63) is 54.0 Å². The molecule has 4 rings (SSSR count). The summed E-state index contributed by atoms with van der Waals surface area (Å²) in [5, 5.41) is 1.07. The van der Waals surface area contributed by atoms with E-state index < -0.39 is 0 Å². The molecule has 0 amide bonds. The normalized spacial score (nSPS) is 22.7. The summed E-state index contributed by atoms with van der Waals surface area (Å²) in [6, 6.07) is 9.27. The lowest BCUT2D eigenvalue weighted by molar-refractivity contribution is 0.320. The van der Waals surface area contributed by atoms with Gasteiger partial charge in [0, 0.05) is 30.7 Å². The molecule has 1 fully saturated rings. The summed E-state index contributed by atoms with van der Waals surface area (Å²) in [5.41, 5.74) is 2.90. The SMILES string of the molecule is c1ccc2c(c1)C[C@H]1CS/C(=N\c3cnccn3)N1C2. The van der Waals surface area contributed by atoms with Crippen LogP contribution in [0.2, 0.25) is 0 Å². The molecule has 0 aliphatic carbocycles. The van der Waals surface area contributed by atoms with Crippen LogP contribution in [0, 0.1) is 0 Å². The van der Waals surface area contributed by atoms with E-state index in [-0.39, 0.29) is 0 Å². The number of amidine groups is 1. The van der Waals surface area contributed by atoms with Gasteiger partial charge >= 0.3 is 0 Å². The second-order valence-corrected chi connectivity index (χ2v) is 6.01. The third-order valence-corrected chi connectivity index (χ3v) is 4.90. The van der Waals surface area contributed by atoms with Gasteiger partial charge in [-0.25, -0.2) is 9.98 Å². The Labute approximate surface area is 122 Å². The number of hydrogen-bond acceptors (Lipinski definition) is 4. The first kappa shape index (κ1) is 11.9. The predicted octanol–water partition coefficient (Wildman–Crippen LogP) is 2.64. The molecule has 0 saturated carbocycles. The molecule has 0 spiro atoms. The lowest BCUT2D eigenvalue weighted by atomic mass is 9.95. The van der Waals surface area contributed by atoms with Crippen molar-refractivity contribution in [1.29, 1.82) is 0 Å². The van der Waals surface area contributed by atoms with Crippen molar-refractivity contribution in [2.24, 2.45) is 4.99 Å². The van der Waals surface area contributed by atoms with Crippen molar-refractivity contribution in [2.45, 2.75) is 19.0 Å². The van der Waals surface area contributed by atoms with Crippen LogP contribution in [0.4, 0.5) is 5.82 Å². The lowest BCUT2D eigenvalue weighted by Crippen LogP contribution is -2.38. The third-order valence-electron chi connectivity index (χ3n) is 3.77. The Kier molecular flexibility index (Phi) is 2.92. The summed E-state index contributed by atoms with van der Waals surface area (Å²) in [4.78, 5) is 15.4. The maximum absolute atomic E-state index is 4.65. The number of aliphatic imine (C=N–C) groups is 1. The molecule has 2 aliphatic rings. The van der Waals surface area contributed by atoms with Gasteiger partial charge in [0.05, 0.1) is 6.20 Å². The largest absolute Gasteiger partial charge is 0.343 e. The summed E-state index contributed by atoms with van der Waals surface area (Å²) in [6.45, 7) is 0.951. The molecule has 0 unspecified atom stereocenters. The highest BCUT2D eigenvalue weighted by Crippen LogP contribution is 2.34. The smallest absolute Gasteiger partial charge is 0.173 e. The van der Waals surface area contributed by atoms with E-state index in [0.717, 1.165) is 23.9 Å². The van der Waals surface area contributed by atoms with E-state index in [4.69, 9.17) is 0 Å². The Hall–Kier alpha value is -1.88. The summed E-state index contributed by atoms with van der Waals surface area (Å²) < 4.78 is 0. The monoisotopic (exact) mass is 282 g/mol. The van der Waals surface area contributed by atoms with Gasteiger partial charge in [0.25, 0.3) is 0 Å². The summed E-state index contributed by atoms with van der Waals surface area (Å²) in [7, 11) is 0. The molecule has 2 aliphatic heterocycles. The molecule has 1 aromatic heterocycles. The van der Waals surface area contributed by atoms with E-state index in [1.807, 2.05) is 11.8 Å². The van der Waals surface area contributed by atoms with Gasteiger partial charge in [-0.05, 0) is 17.5 Å². The van der Waals surface area contributed by atoms with Crippen molar-refractivity contribution in [3.63, 3.8) is 0 Å². The van der Waals surface area contributed by atoms with Gasteiger partial charge in [-0.1, -0.05) is 36.0 Å². The van der Waals surface area contributed by atoms with E-state index >= 15 is 0 Å². The predicted molar refractivity (Wildman–Crippen MR) is 81.1 cm³/mol. The molecular weight excluding hydrogens is 268 g/mol. The highest BCUT2D eigenvalue weighted by atomic mass is 32.2. The van der Waals surface area contributed by atoms with Crippen LogP contribution in [0.5, 0.6) is 0 Å². The van der Waals surface area contributed by atoms with Crippen LogP contribution in [0.1, 0.15) is 11.1 Å². The molecule has 3 heterocycles. The number of hydrogen-bond donors (Lipinski definition) is 0. The van der Waals surface area contributed by atoms with Crippen molar-refractivity contribution in [1.82, 2.24) is 14.9 Å². The van der Waals surface area contributed by atoms with Crippen LogP contribution in [0.25, 0.3) is 0 Å². The van der Waals surface area contributed by atoms with Gasteiger partial charge in [-0.3, -0.25) is 4.98 Å². The fraction of sp³-hybridized carbons (Fsp3) is 0.267. The number of rotatable bonds is 1. The highest BCUT2D eigenvalue weighted by molar-refractivity contribution is 8.14. The first-order valence-electron chi connectivity index (χ1n) is 6.71. The van der Waals surface area contributed by atoms with E-state index in [1.54, 1.807) is 18.6 Å². The molecule has 100 valence electrons. The molecule has 0 bridgehead atoms. The molecule has 4 nitrogen and oxygen atoms in total. The van der Waals surface area contributed by atoms with Crippen LogP contribution in [0.15, 0.2) is 47.8 Å². The van der Waals surface area contributed by atoms with Crippen molar-refractivity contribution >= 4 is 22.7 Å². The average molecular weight is 282 g/mol. The van der Waals surface area contributed by atoms with Gasteiger partial charge in [0.15, 0.2) is 11.0 Å². The summed E-state index contributed by atoms with van der Waals surface area (Å²) in [6.07, 6.45) is 6.18. The van der Waals surface area contributed by atoms with Gasteiger partial charge in [0.1, 0.15) is 0 Å². The molecule has 20 heavy (non-hydrogen) atoms. The van der Waals surface area contributed by atoms with Crippen molar-refractivity contribution in [3.8, 4) is 0 Å². The van der Waals surface area contributed by atoms with Crippen molar-refractivity contribution in [2.75, 3.05) is 5.75 Å². The fourth-order valence-corrected chi connectivity index (χ4v) is 3.93. The second kappa shape index (κ2) is 4.90. The molecule has 5 heteroatoms. The quantitative estimate of drug-likeness (QED) is 0.806. The first-order chi connectivity index (χ1) is 9.90. The standard InChI is InChI=1S/C15H14N4S/c1-2-4-12-9-19-13(7-11(12)3-1)10-20-15(19)18-14-8-16-5-6-17-14/h1-6,8,13H,7,9-10H2/b18-15-/t13-/m0/s1. The van der Waals surface area contributed by atoms with Crippen LogP contribution >= 0.6 is 11.8 Å². The Balaban J connectivity index is 1.65. The Bertz CT molecular complexity index is 656. The zero-order valence-electron chi connectivity index (χ0n) is 10.9. The van der Waals surface area contributed by atoms with Crippen LogP contribution in [0.3, 0.4) is 0 Å². The minimum atomic E-state index is 0.560. The van der Waals surface area contributed by atoms with E-state index in [9.17, 15) is 0 Å². The number of thioether (sulfide) groups is 1. The minimum absolute atomic E-state index is 0.560. The van der Waals surface area contributed by atoms with Crippen LogP contribution < -0.4 is 0 Å². The lowest BCUT2D eigenvalue weighted by Gasteiger charge is -2.32. The third kappa shape index (κ3) is 2.08. The molecule has 0 radical (unpaired) electrons. The number of aromatic nitrogens is 2. The Morgan fingerprint density at radius 3 is 2.95 bits per heavy atom. The van der Waals surface area contributed by atoms with Gasteiger partial charge in [-0.2, -0.15) is 0 Å². The maximum atomic E-state index is 4.65. The maximum Gasteiger partial charge on any atom is 0.173 e. The van der Waals surface area contributed by atoms with E-state index in [1.165, 1.54) is 11.1 Å².